The minimum absolute atomic E-state index is 0.179. The van der Waals surface area contributed by atoms with Crippen molar-refractivity contribution in [2.45, 2.75) is 65.0 Å². The molecular weight excluding hydrogens is 296 g/mol. The van der Waals surface area contributed by atoms with E-state index < -0.39 is 0 Å². The largest absolute Gasteiger partial charge is 0.461 e. The van der Waals surface area contributed by atoms with Gasteiger partial charge in [-0.3, -0.25) is 9.59 Å². The van der Waals surface area contributed by atoms with Gasteiger partial charge in [0, 0.05) is 13.8 Å². The van der Waals surface area contributed by atoms with Crippen LogP contribution in [0.25, 0.3) is 0 Å². The molecule has 0 aliphatic carbocycles. The molecule has 1 aromatic rings. The molecule has 0 saturated carbocycles. The van der Waals surface area contributed by atoms with Crippen molar-refractivity contribution in [3.05, 3.63) is 34.4 Å². The van der Waals surface area contributed by atoms with Gasteiger partial charge < -0.3 is 14.2 Å². The summed E-state index contributed by atoms with van der Waals surface area (Å²) in [5, 5.41) is 0. The predicted molar refractivity (Wildman–Crippen MR) is 82.5 cm³/mol. The highest BCUT2D eigenvalue weighted by Gasteiger charge is 2.43. The molecule has 2 aliphatic rings. The van der Waals surface area contributed by atoms with Gasteiger partial charge in [0.15, 0.2) is 0 Å². The van der Waals surface area contributed by atoms with E-state index in [4.69, 9.17) is 14.2 Å². The first-order chi connectivity index (χ1) is 10.9. The van der Waals surface area contributed by atoms with Crippen LogP contribution < -0.4 is 0 Å². The first kappa shape index (κ1) is 16.0. The zero-order valence-electron chi connectivity index (χ0n) is 13.8. The Bertz CT molecular complexity index is 651. The lowest BCUT2D eigenvalue weighted by Crippen LogP contribution is -2.30. The standard InChI is InChI=1S/C18H22O5/c1-11(19)21-9-14-6-13-7-16-4-5-18(3,23-16)17(13)8-15(14)10-22-12(2)20/h6,8,16H,4-5,7,9-10H2,1-3H3/t16-,18+/m0/s1. The van der Waals surface area contributed by atoms with E-state index in [1.807, 2.05) is 0 Å². The van der Waals surface area contributed by atoms with Gasteiger partial charge in [0.05, 0.1) is 11.7 Å². The smallest absolute Gasteiger partial charge is 0.302 e. The maximum atomic E-state index is 11.1. The van der Waals surface area contributed by atoms with E-state index in [2.05, 4.69) is 19.1 Å². The van der Waals surface area contributed by atoms with Crippen LogP contribution in [0, 0.1) is 0 Å². The van der Waals surface area contributed by atoms with Crippen LogP contribution in [0.1, 0.15) is 55.9 Å². The highest BCUT2D eigenvalue weighted by Crippen LogP contribution is 2.46. The minimum atomic E-state index is -0.329. The molecule has 2 heterocycles. The molecule has 5 heteroatoms. The Morgan fingerprint density at radius 1 is 1.17 bits per heavy atom. The monoisotopic (exact) mass is 318 g/mol. The van der Waals surface area contributed by atoms with Crippen LogP contribution in [0.5, 0.6) is 0 Å². The number of carbonyl (C=O) groups is 2. The van der Waals surface area contributed by atoms with Crippen LogP contribution in [-0.2, 0) is 49.0 Å². The molecule has 2 bridgehead atoms. The van der Waals surface area contributed by atoms with Crippen molar-refractivity contribution in [1.29, 1.82) is 0 Å². The van der Waals surface area contributed by atoms with Gasteiger partial charge in [0.2, 0.25) is 0 Å². The summed E-state index contributed by atoms with van der Waals surface area (Å²) in [6.45, 7) is 5.27. The highest BCUT2D eigenvalue weighted by molar-refractivity contribution is 5.66. The Labute approximate surface area is 135 Å². The molecule has 2 aliphatic heterocycles. The Morgan fingerprint density at radius 3 is 2.39 bits per heavy atom. The second kappa shape index (κ2) is 5.96. The average Bonchev–Trinajstić information content (AvgIpc) is 2.80. The number of fused-ring (bicyclic) bond motifs is 4. The maximum absolute atomic E-state index is 11.1. The van der Waals surface area contributed by atoms with Crippen LogP contribution in [0.3, 0.4) is 0 Å². The molecule has 0 spiro atoms. The molecule has 0 N–H and O–H groups in total. The summed E-state index contributed by atoms with van der Waals surface area (Å²) < 4.78 is 16.4. The quantitative estimate of drug-likeness (QED) is 0.799. The van der Waals surface area contributed by atoms with Crippen LogP contribution in [0.15, 0.2) is 12.1 Å². The van der Waals surface area contributed by atoms with Crippen LogP contribution in [0.4, 0.5) is 0 Å². The topological polar surface area (TPSA) is 61.8 Å². The third kappa shape index (κ3) is 3.24. The fourth-order valence-corrected chi connectivity index (χ4v) is 3.54. The first-order valence-electron chi connectivity index (χ1n) is 7.97. The molecule has 1 fully saturated rings. The molecular formula is C18H22O5. The SMILES string of the molecule is CC(=O)OCc1cc2c(cc1COC(C)=O)[C@@]1(C)CC[C@@H](C2)O1. The van der Waals surface area contributed by atoms with Gasteiger partial charge in [-0.1, -0.05) is 6.07 Å². The van der Waals surface area contributed by atoms with Gasteiger partial charge in [0.1, 0.15) is 13.2 Å². The van der Waals surface area contributed by atoms with Crippen LogP contribution in [-0.4, -0.2) is 18.0 Å². The predicted octanol–water partition coefficient (Wildman–Crippen LogP) is 2.76. The third-order valence-electron chi connectivity index (χ3n) is 4.67. The Kier molecular flexibility index (Phi) is 4.15. The molecule has 1 saturated heterocycles. The number of benzene rings is 1. The van der Waals surface area contributed by atoms with Gasteiger partial charge in [-0.25, -0.2) is 0 Å². The molecule has 5 nitrogen and oxygen atoms in total. The van der Waals surface area contributed by atoms with Gasteiger partial charge in [-0.2, -0.15) is 0 Å². The van der Waals surface area contributed by atoms with E-state index >= 15 is 0 Å². The number of ether oxygens (including phenoxy) is 3. The van der Waals surface area contributed by atoms with Crippen molar-refractivity contribution >= 4 is 11.9 Å². The molecule has 23 heavy (non-hydrogen) atoms. The van der Waals surface area contributed by atoms with Crippen molar-refractivity contribution in [2.24, 2.45) is 0 Å². The summed E-state index contributed by atoms with van der Waals surface area (Å²) >= 11 is 0. The Morgan fingerprint density at radius 2 is 1.78 bits per heavy atom. The highest BCUT2D eigenvalue weighted by atomic mass is 16.5. The van der Waals surface area contributed by atoms with E-state index in [0.717, 1.165) is 30.4 Å². The van der Waals surface area contributed by atoms with Gasteiger partial charge in [-0.15, -0.1) is 0 Å². The lowest BCUT2D eigenvalue weighted by atomic mass is 9.86. The summed E-state index contributed by atoms with van der Waals surface area (Å²) in [4.78, 5) is 22.3. The molecule has 0 amide bonds. The molecule has 3 rings (SSSR count). The second-order valence-electron chi connectivity index (χ2n) is 6.55. The van der Waals surface area contributed by atoms with E-state index in [0.29, 0.717) is 0 Å². The zero-order valence-corrected chi connectivity index (χ0v) is 13.8. The van der Waals surface area contributed by atoms with E-state index in [1.54, 1.807) is 0 Å². The van der Waals surface area contributed by atoms with Crippen molar-refractivity contribution in [2.75, 3.05) is 0 Å². The summed E-state index contributed by atoms with van der Waals surface area (Å²) in [5.41, 5.74) is 3.92. The molecule has 124 valence electrons. The van der Waals surface area contributed by atoms with Gasteiger partial charge >= 0.3 is 11.9 Å². The van der Waals surface area contributed by atoms with E-state index in [1.165, 1.54) is 25.0 Å². The normalized spacial score (nSPS) is 24.9. The second-order valence-corrected chi connectivity index (χ2v) is 6.55. The maximum Gasteiger partial charge on any atom is 0.302 e. The van der Waals surface area contributed by atoms with E-state index in [-0.39, 0.29) is 36.9 Å². The summed E-state index contributed by atoms with van der Waals surface area (Å²) in [6, 6.07) is 4.13. The van der Waals surface area contributed by atoms with Crippen molar-refractivity contribution < 1.29 is 23.8 Å². The van der Waals surface area contributed by atoms with Crippen LogP contribution >= 0.6 is 0 Å². The number of esters is 2. The van der Waals surface area contributed by atoms with Crippen LogP contribution in [0.2, 0.25) is 0 Å². The molecule has 0 unspecified atom stereocenters. The number of hydrogen-bond acceptors (Lipinski definition) is 5. The summed E-state index contributed by atoms with van der Waals surface area (Å²) in [6.07, 6.45) is 3.21. The average molecular weight is 318 g/mol. The molecule has 1 aromatic carbocycles. The van der Waals surface area contributed by atoms with E-state index in [9.17, 15) is 9.59 Å². The molecule has 0 radical (unpaired) electrons. The van der Waals surface area contributed by atoms with Gasteiger partial charge in [0.25, 0.3) is 0 Å². The fourth-order valence-electron chi connectivity index (χ4n) is 3.54. The summed E-state index contributed by atoms with van der Waals surface area (Å²) in [5.74, 6) is -0.652. The van der Waals surface area contributed by atoms with Crippen molar-refractivity contribution in [1.82, 2.24) is 0 Å². The summed E-state index contributed by atoms with van der Waals surface area (Å²) in [7, 11) is 0. The number of rotatable bonds is 4. The lowest BCUT2D eigenvalue weighted by Gasteiger charge is -2.33. The minimum Gasteiger partial charge on any atom is -0.461 e. The van der Waals surface area contributed by atoms with Gasteiger partial charge in [-0.05, 0) is 54.5 Å². The fraction of sp³-hybridized carbons (Fsp3) is 0.556. The number of carbonyl (C=O) groups excluding carboxylic acids is 2. The molecule has 2 atom stereocenters. The first-order valence-corrected chi connectivity index (χ1v) is 7.97. The van der Waals surface area contributed by atoms with Crippen molar-refractivity contribution in [3.8, 4) is 0 Å². The third-order valence-corrected chi connectivity index (χ3v) is 4.67. The Balaban J connectivity index is 1.96. The van der Waals surface area contributed by atoms with Crippen molar-refractivity contribution in [3.63, 3.8) is 0 Å². The lowest BCUT2D eigenvalue weighted by molar-refractivity contribution is -0.143. The molecule has 0 aromatic heterocycles. The number of hydrogen-bond donors (Lipinski definition) is 0. The Hall–Kier alpha value is -1.88. The zero-order chi connectivity index (χ0) is 16.6.